The summed E-state index contributed by atoms with van der Waals surface area (Å²) in [7, 11) is -3.77. The molecule has 0 aliphatic rings. The van der Waals surface area contributed by atoms with Gasteiger partial charge in [0.1, 0.15) is 0 Å². The first-order valence-electron chi connectivity index (χ1n) is 6.52. The summed E-state index contributed by atoms with van der Waals surface area (Å²) >= 11 is 0. The third kappa shape index (κ3) is 3.30. The molecule has 0 atom stereocenters. The molecule has 2 aromatic rings. The van der Waals surface area contributed by atoms with Gasteiger partial charge in [0, 0.05) is 0 Å². The Hall–Kier alpha value is -2.15. The van der Waals surface area contributed by atoms with Crippen molar-refractivity contribution >= 4 is 15.7 Å². The number of nitrogen functional groups attached to an aromatic ring is 1. The lowest BCUT2D eigenvalue weighted by molar-refractivity contribution is 0.316. The number of hydrogen-bond acceptors (Lipinski definition) is 6. The minimum atomic E-state index is -3.77. The van der Waals surface area contributed by atoms with Crippen LogP contribution in [0.25, 0.3) is 0 Å². The van der Waals surface area contributed by atoms with Gasteiger partial charge in [-0.2, -0.15) is 4.98 Å². The van der Waals surface area contributed by atoms with Crippen molar-refractivity contribution in [2.45, 2.75) is 30.3 Å². The van der Waals surface area contributed by atoms with Crippen molar-refractivity contribution in [3.05, 3.63) is 36.0 Å². The number of anilines is 1. The van der Waals surface area contributed by atoms with Gasteiger partial charge < -0.3 is 10.5 Å². The molecular formula is C14H17N3O3S. The second-order valence-corrected chi connectivity index (χ2v) is 6.41. The highest BCUT2D eigenvalue weighted by atomic mass is 32.2. The van der Waals surface area contributed by atoms with Crippen molar-refractivity contribution in [2.75, 3.05) is 12.3 Å². The Bertz CT molecular complexity index is 728. The van der Waals surface area contributed by atoms with Crippen molar-refractivity contribution in [1.82, 2.24) is 9.97 Å². The molecule has 0 spiro atoms. The zero-order valence-corrected chi connectivity index (χ0v) is 12.7. The van der Waals surface area contributed by atoms with Crippen LogP contribution in [0.5, 0.6) is 5.75 Å². The van der Waals surface area contributed by atoms with Gasteiger partial charge in [0.2, 0.25) is 9.84 Å². The molecule has 0 saturated heterocycles. The van der Waals surface area contributed by atoms with Gasteiger partial charge in [-0.15, -0.1) is 0 Å². The highest BCUT2D eigenvalue weighted by Gasteiger charge is 2.22. The van der Waals surface area contributed by atoms with Crippen LogP contribution >= 0.6 is 0 Å². The molecule has 0 bridgehead atoms. The predicted octanol–water partition coefficient (Wildman–Crippen LogP) is 1.99. The molecule has 0 unspecified atom stereocenters. The highest BCUT2D eigenvalue weighted by Crippen LogP contribution is 2.23. The van der Waals surface area contributed by atoms with E-state index in [1.807, 2.05) is 13.8 Å². The fourth-order valence-electron chi connectivity index (χ4n) is 1.64. The average Bonchev–Trinajstić information content (AvgIpc) is 2.46. The SMILES string of the molecule is CCCOc1cnc(S(=O)(=O)c2ccc(C)cc2)nc1N. The number of rotatable bonds is 5. The molecule has 112 valence electrons. The van der Waals surface area contributed by atoms with E-state index in [9.17, 15) is 8.42 Å². The lowest BCUT2D eigenvalue weighted by atomic mass is 10.2. The molecule has 0 aliphatic heterocycles. The second kappa shape index (κ2) is 6.09. The van der Waals surface area contributed by atoms with Crippen LogP contribution in [-0.4, -0.2) is 25.0 Å². The van der Waals surface area contributed by atoms with Crippen LogP contribution in [0, 0.1) is 6.92 Å². The van der Waals surface area contributed by atoms with Gasteiger partial charge in [0.15, 0.2) is 11.6 Å². The molecule has 0 aliphatic carbocycles. The Kier molecular flexibility index (Phi) is 4.42. The molecule has 1 aromatic carbocycles. The van der Waals surface area contributed by atoms with Crippen molar-refractivity contribution < 1.29 is 13.2 Å². The van der Waals surface area contributed by atoms with Crippen LogP contribution < -0.4 is 10.5 Å². The number of benzene rings is 1. The van der Waals surface area contributed by atoms with E-state index < -0.39 is 9.84 Å². The quantitative estimate of drug-likeness (QED) is 0.849. The van der Waals surface area contributed by atoms with Gasteiger partial charge in [-0.05, 0) is 25.5 Å². The third-order valence-corrected chi connectivity index (χ3v) is 4.36. The molecule has 1 heterocycles. The Morgan fingerprint density at radius 2 is 1.90 bits per heavy atom. The van der Waals surface area contributed by atoms with E-state index in [0.29, 0.717) is 12.4 Å². The van der Waals surface area contributed by atoms with Gasteiger partial charge in [0.25, 0.3) is 5.16 Å². The largest absolute Gasteiger partial charge is 0.488 e. The van der Waals surface area contributed by atoms with E-state index in [0.717, 1.165) is 12.0 Å². The molecule has 2 rings (SSSR count). The van der Waals surface area contributed by atoms with E-state index in [4.69, 9.17) is 10.5 Å². The average molecular weight is 307 g/mol. The van der Waals surface area contributed by atoms with E-state index in [2.05, 4.69) is 9.97 Å². The molecular weight excluding hydrogens is 290 g/mol. The van der Waals surface area contributed by atoms with Crippen molar-refractivity contribution in [3.8, 4) is 5.75 Å². The number of nitrogens with two attached hydrogens (primary N) is 1. The van der Waals surface area contributed by atoms with E-state index in [1.165, 1.54) is 18.3 Å². The summed E-state index contributed by atoms with van der Waals surface area (Å²) in [6.07, 6.45) is 2.10. The Morgan fingerprint density at radius 1 is 1.24 bits per heavy atom. The Morgan fingerprint density at radius 3 is 2.48 bits per heavy atom. The zero-order valence-electron chi connectivity index (χ0n) is 11.9. The van der Waals surface area contributed by atoms with Crippen LogP contribution in [0.4, 0.5) is 5.82 Å². The lowest BCUT2D eigenvalue weighted by Gasteiger charge is -2.08. The van der Waals surface area contributed by atoms with Gasteiger partial charge >= 0.3 is 0 Å². The smallest absolute Gasteiger partial charge is 0.254 e. The maximum Gasteiger partial charge on any atom is 0.254 e. The third-order valence-electron chi connectivity index (χ3n) is 2.79. The molecule has 0 amide bonds. The van der Waals surface area contributed by atoms with Gasteiger partial charge in [-0.1, -0.05) is 24.6 Å². The Labute approximate surface area is 123 Å². The normalized spacial score (nSPS) is 11.3. The number of hydrogen-bond donors (Lipinski definition) is 1. The lowest BCUT2D eigenvalue weighted by Crippen LogP contribution is -2.10. The summed E-state index contributed by atoms with van der Waals surface area (Å²) in [6, 6.07) is 6.47. The zero-order chi connectivity index (χ0) is 15.5. The van der Waals surface area contributed by atoms with Crippen molar-refractivity contribution in [2.24, 2.45) is 0 Å². The molecule has 6 nitrogen and oxygen atoms in total. The molecule has 1 aromatic heterocycles. The minimum absolute atomic E-state index is 0.0177. The predicted molar refractivity (Wildman–Crippen MR) is 78.9 cm³/mol. The fraction of sp³-hybridized carbons (Fsp3) is 0.286. The summed E-state index contributed by atoms with van der Waals surface area (Å²) in [4.78, 5) is 7.84. The number of aryl methyl sites for hydroxylation is 1. The maximum atomic E-state index is 12.4. The number of sulfone groups is 1. The first-order valence-corrected chi connectivity index (χ1v) is 8.00. The van der Waals surface area contributed by atoms with Gasteiger partial charge in [-0.25, -0.2) is 13.4 Å². The van der Waals surface area contributed by atoms with Crippen LogP contribution in [0.1, 0.15) is 18.9 Å². The van der Waals surface area contributed by atoms with Crippen molar-refractivity contribution in [3.63, 3.8) is 0 Å². The van der Waals surface area contributed by atoms with Crippen LogP contribution in [-0.2, 0) is 9.84 Å². The van der Waals surface area contributed by atoms with Gasteiger partial charge in [-0.3, -0.25) is 0 Å². The van der Waals surface area contributed by atoms with E-state index in [1.54, 1.807) is 12.1 Å². The number of aromatic nitrogens is 2. The first-order chi connectivity index (χ1) is 9.95. The standard InChI is InChI=1S/C14H17N3O3S/c1-3-8-20-12-9-16-14(17-13(12)15)21(18,19)11-6-4-10(2)5-7-11/h4-7,9H,3,8H2,1-2H3,(H2,15,16,17). The van der Waals surface area contributed by atoms with Crippen LogP contribution in [0.2, 0.25) is 0 Å². The topological polar surface area (TPSA) is 95.2 Å². The van der Waals surface area contributed by atoms with Crippen molar-refractivity contribution in [1.29, 1.82) is 0 Å². The number of nitrogens with zero attached hydrogens (tertiary/aromatic N) is 2. The van der Waals surface area contributed by atoms with E-state index in [-0.39, 0.29) is 15.9 Å². The summed E-state index contributed by atoms with van der Waals surface area (Å²) < 4.78 is 30.1. The highest BCUT2D eigenvalue weighted by molar-refractivity contribution is 7.91. The molecule has 0 fully saturated rings. The van der Waals surface area contributed by atoms with E-state index >= 15 is 0 Å². The first kappa shape index (κ1) is 15.2. The molecule has 0 radical (unpaired) electrons. The van der Waals surface area contributed by atoms with Gasteiger partial charge in [0.05, 0.1) is 17.7 Å². The number of ether oxygens (including phenoxy) is 1. The molecule has 7 heteroatoms. The van der Waals surface area contributed by atoms with Crippen LogP contribution in [0.15, 0.2) is 40.5 Å². The minimum Gasteiger partial charge on any atom is -0.488 e. The summed E-state index contributed by atoms with van der Waals surface area (Å²) in [6.45, 7) is 4.30. The monoisotopic (exact) mass is 307 g/mol. The Balaban J connectivity index is 2.37. The summed E-state index contributed by atoms with van der Waals surface area (Å²) in [5.74, 6) is 0.309. The maximum absolute atomic E-state index is 12.4. The molecule has 0 saturated carbocycles. The second-order valence-electron chi connectivity index (χ2n) is 4.57. The molecule has 21 heavy (non-hydrogen) atoms. The fourth-order valence-corrected chi connectivity index (χ4v) is 2.76. The van der Waals surface area contributed by atoms with Crippen LogP contribution in [0.3, 0.4) is 0 Å². The molecule has 2 N–H and O–H groups in total. The summed E-state index contributed by atoms with van der Waals surface area (Å²) in [5.41, 5.74) is 6.69. The summed E-state index contributed by atoms with van der Waals surface area (Å²) in [5, 5.41) is -0.326.